The summed E-state index contributed by atoms with van der Waals surface area (Å²) in [5.74, 6) is 1.04. The lowest BCUT2D eigenvalue weighted by Crippen LogP contribution is -2.15. The van der Waals surface area contributed by atoms with E-state index in [1.165, 1.54) is 7.11 Å². The van der Waals surface area contributed by atoms with E-state index in [9.17, 15) is 9.59 Å². The molecule has 2 N–H and O–H groups in total. The summed E-state index contributed by atoms with van der Waals surface area (Å²) in [5.41, 5.74) is 1.86. The maximum atomic E-state index is 12.6. The van der Waals surface area contributed by atoms with E-state index >= 15 is 0 Å². The van der Waals surface area contributed by atoms with Crippen LogP contribution in [0.25, 0.3) is 0 Å². The van der Waals surface area contributed by atoms with Crippen LogP contribution in [0.15, 0.2) is 36.4 Å². The second-order valence-corrected chi connectivity index (χ2v) is 7.14. The van der Waals surface area contributed by atoms with E-state index in [-0.39, 0.29) is 17.7 Å². The molecular weight excluding hydrogens is 447 g/mol. The average molecular weight is 466 g/mol. The van der Waals surface area contributed by atoms with Gasteiger partial charge in [0.1, 0.15) is 0 Å². The summed E-state index contributed by atoms with van der Waals surface area (Å²) >= 11 is 2.09. The Hall–Kier alpha value is -2.29. The maximum absolute atomic E-state index is 12.6. The lowest BCUT2D eigenvalue weighted by atomic mass is 10.1. The second-order valence-electron chi connectivity index (χ2n) is 5.98. The zero-order chi connectivity index (χ0) is 18.7. The van der Waals surface area contributed by atoms with Crippen LogP contribution in [0, 0.1) is 9.49 Å². The summed E-state index contributed by atoms with van der Waals surface area (Å²) in [6.45, 7) is 0. The Morgan fingerprint density at radius 2 is 1.50 bits per heavy atom. The van der Waals surface area contributed by atoms with Crippen molar-refractivity contribution in [3.8, 4) is 11.5 Å². The molecule has 6 nitrogen and oxygen atoms in total. The lowest BCUT2D eigenvalue weighted by Gasteiger charge is -2.12. The molecule has 0 spiro atoms. The van der Waals surface area contributed by atoms with Crippen molar-refractivity contribution in [1.29, 1.82) is 0 Å². The first-order chi connectivity index (χ1) is 12.5. The van der Waals surface area contributed by atoms with Crippen LogP contribution >= 0.6 is 22.6 Å². The number of carbonyl (C=O) groups is 2. The molecule has 7 heteroatoms. The summed E-state index contributed by atoms with van der Waals surface area (Å²) < 4.78 is 11.3. The van der Waals surface area contributed by atoms with E-state index in [1.54, 1.807) is 43.5 Å². The molecular formula is C19H19IN2O4. The molecule has 2 aromatic rings. The van der Waals surface area contributed by atoms with Gasteiger partial charge in [-0.3, -0.25) is 9.59 Å². The molecule has 2 amide bonds. The largest absolute Gasteiger partial charge is 0.493 e. The lowest BCUT2D eigenvalue weighted by molar-refractivity contribution is -0.117. The van der Waals surface area contributed by atoms with E-state index in [0.29, 0.717) is 22.7 Å². The Labute approximate surface area is 165 Å². The van der Waals surface area contributed by atoms with Crippen LogP contribution in [0.1, 0.15) is 23.2 Å². The van der Waals surface area contributed by atoms with E-state index in [1.807, 2.05) is 0 Å². The van der Waals surface area contributed by atoms with Crippen LogP contribution in [0.4, 0.5) is 11.4 Å². The summed E-state index contributed by atoms with van der Waals surface area (Å²) in [6.07, 6.45) is 1.92. The van der Waals surface area contributed by atoms with Crippen molar-refractivity contribution in [2.75, 3.05) is 24.9 Å². The monoisotopic (exact) mass is 466 g/mol. The number of anilines is 2. The molecule has 2 aromatic carbocycles. The summed E-state index contributed by atoms with van der Waals surface area (Å²) in [5, 5.41) is 5.72. The molecule has 0 atom stereocenters. The fraction of sp³-hybridized carbons (Fsp3) is 0.263. The highest BCUT2D eigenvalue weighted by atomic mass is 127. The van der Waals surface area contributed by atoms with Gasteiger partial charge in [0, 0.05) is 20.9 Å². The Bertz CT molecular complexity index is 832. The van der Waals surface area contributed by atoms with Gasteiger partial charge in [0.2, 0.25) is 5.91 Å². The number of hydrogen-bond donors (Lipinski definition) is 2. The number of hydrogen-bond acceptors (Lipinski definition) is 4. The van der Waals surface area contributed by atoms with Crippen molar-refractivity contribution in [3.63, 3.8) is 0 Å². The van der Waals surface area contributed by atoms with Crippen LogP contribution in [-0.2, 0) is 4.79 Å². The molecule has 0 bridgehead atoms. The molecule has 0 saturated heterocycles. The first-order valence-electron chi connectivity index (χ1n) is 8.15. The highest BCUT2D eigenvalue weighted by Crippen LogP contribution is 2.32. The molecule has 1 saturated carbocycles. The molecule has 0 radical (unpaired) electrons. The summed E-state index contributed by atoms with van der Waals surface area (Å²) in [6, 6.07) is 10.5. The number of halogens is 1. The minimum absolute atomic E-state index is 0.0571. The van der Waals surface area contributed by atoms with Crippen molar-refractivity contribution in [1.82, 2.24) is 0 Å². The van der Waals surface area contributed by atoms with Gasteiger partial charge in [-0.05, 0) is 71.8 Å². The van der Waals surface area contributed by atoms with Crippen molar-refractivity contribution in [2.24, 2.45) is 5.92 Å². The molecule has 26 heavy (non-hydrogen) atoms. The molecule has 1 fully saturated rings. The van der Waals surface area contributed by atoms with Gasteiger partial charge < -0.3 is 20.1 Å². The molecule has 0 aliphatic heterocycles. The molecule has 1 aliphatic rings. The highest BCUT2D eigenvalue weighted by molar-refractivity contribution is 14.1. The van der Waals surface area contributed by atoms with Gasteiger partial charge >= 0.3 is 0 Å². The molecule has 136 valence electrons. The number of benzene rings is 2. The Morgan fingerprint density at radius 1 is 0.962 bits per heavy atom. The van der Waals surface area contributed by atoms with Gasteiger partial charge in [0.05, 0.1) is 19.8 Å². The van der Waals surface area contributed by atoms with Crippen LogP contribution in [-0.4, -0.2) is 26.0 Å². The summed E-state index contributed by atoms with van der Waals surface area (Å²) in [7, 11) is 3.08. The number of methoxy groups -OCH3 is 2. The molecule has 1 aliphatic carbocycles. The van der Waals surface area contributed by atoms with E-state index < -0.39 is 0 Å². The normalized spacial score (nSPS) is 13.0. The predicted molar refractivity (Wildman–Crippen MR) is 108 cm³/mol. The minimum atomic E-state index is -0.245. The third-order valence-corrected chi connectivity index (χ3v) is 4.97. The van der Waals surface area contributed by atoms with Gasteiger partial charge in [-0.25, -0.2) is 0 Å². The first kappa shape index (κ1) is 18.5. The van der Waals surface area contributed by atoms with Gasteiger partial charge in [0.25, 0.3) is 5.91 Å². The predicted octanol–water partition coefficient (Wildman–Crippen LogP) is 3.91. The van der Waals surface area contributed by atoms with Crippen molar-refractivity contribution in [3.05, 3.63) is 45.5 Å². The van der Waals surface area contributed by atoms with Crippen molar-refractivity contribution >= 4 is 45.8 Å². The van der Waals surface area contributed by atoms with E-state index in [0.717, 1.165) is 22.1 Å². The second kappa shape index (κ2) is 7.94. The fourth-order valence-electron chi connectivity index (χ4n) is 2.45. The van der Waals surface area contributed by atoms with Crippen molar-refractivity contribution in [2.45, 2.75) is 12.8 Å². The highest BCUT2D eigenvalue weighted by Gasteiger charge is 2.29. The van der Waals surface area contributed by atoms with Gasteiger partial charge in [-0.15, -0.1) is 0 Å². The number of rotatable bonds is 6. The molecule has 0 heterocycles. The van der Waals surface area contributed by atoms with E-state index in [2.05, 4.69) is 33.2 Å². The van der Waals surface area contributed by atoms with Crippen LogP contribution < -0.4 is 20.1 Å². The zero-order valence-electron chi connectivity index (χ0n) is 14.5. The standard InChI is InChI=1S/C19H19IN2O4/c1-25-16-9-14(15(20)10-17(16)26-2)19(24)22-13-7-5-12(6-8-13)21-18(23)11-3-4-11/h5-11H,3-4H2,1-2H3,(H,21,23)(H,22,24). The quantitative estimate of drug-likeness (QED) is 0.634. The molecule has 0 aromatic heterocycles. The smallest absolute Gasteiger partial charge is 0.256 e. The van der Waals surface area contributed by atoms with Crippen molar-refractivity contribution < 1.29 is 19.1 Å². The number of nitrogens with one attached hydrogen (secondary N) is 2. The maximum Gasteiger partial charge on any atom is 0.256 e. The number of amides is 2. The zero-order valence-corrected chi connectivity index (χ0v) is 16.6. The Kier molecular flexibility index (Phi) is 5.65. The fourth-order valence-corrected chi connectivity index (χ4v) is 3.14. The summed E-state index contributed by atoms with van der Waals surface area (Å²) in [4.78, 5) is 24.3. The van der Waals surface area contributed by atoms with E-state index in [4.69, 9.17) is 9.47 Å². The SMILES string of the molecule is COc1cc(I)c(C(=O)Nc2ccc(NC(=O)C3CC3)cc2)cc1OC. The van der Waals surface area contributed by atoms with Gasteiger partial charge in [-0.1, -0.05) is 0 Å². The topological polar surface area (TPSA) is 76.7 Å². The number of carbonyl (C=O) groups excluding carboxylic acids is 2. The number of ether oxygens (including phenoxy) is 2. The Balaban J connectivity index is 1.70. The van der Waals surface area contributed by atoms with Crippen LogP contribution in [0.2, 0.25) is 0 Å². The third kappa shape index (κ3) is 4.27. The van der Waals surface area contributed by atoms with Crippen LogP contribution in [0.3, 0.4) is 0 Å². The molecule has 3 rings (SSSR count). The van der Waals surface area contributed by atoms with Crippen LogP contribution in [0.5, 0.6) is 11.5 Å². The average Bonchev–Trinajstić information content (AvgIpc) is 3.48. The molecule has 0 unspecified atom stereocenters. The first-order valence-corrected chi connectivity index (χ1v) is 9.23. The van der Waals surface area contributed by atoms with Gasteiger partial charge in [-0.2, -0.15) is 0 Å². The Morgan fingerprint density at radius 3 is 2.04 bits per heavy atom. The van der Waals surface area contributed by atoms with Gasteiger partial charge in [0.15, 0.2) is 11.5 Å². The minimum Gasteiger partial charge on any atom is -0.493 e. The third-order valence-electron chi connectivity index (χ3n) is 4.08.